The van der Waals surface area contributed by atoms with E-state index >= 15 is 0 Å². The van der Waals surface area contributed by atoms with Gasteiger partial charge in [0.15, 0.2) is 0 Å². The van der Waals surface area contributed by atoms with Crippen LogP contribution in [0.4, 0.5) is 0 Å². The molecule has 5 saturated carbocycles. The number of hydrogen-bond donors (Lipinski definition) is 0. The van der Waals surface area contributed by atoms with Crippen molar-refractivity contribution in [3.8, 4) is 0 Å². The predicted octanol–water partition coefficient (Wildman–Crippen LogP) is 7.88. The second-order valence-electron chi connectivity index (χ2n) is 12.0. The normalized spacial score (nSPS) is 55.6. The summed E-state index contributed by atoms with van der Waals surface area (Å²) in [6.07, 6.45) is 12.1. The molecule has 4 unspecified atom stereocenters. The number of hydrogen-bond acceptors (Lipinski definition) is 0. The summed E-state index contributed by atoms with van der Waals surface area (Å²) in [6, 6.07) is 0. The van der Waals surface area contributed by atoms with Crippen molar-refractivity contribution in [2.24, 2.45) is 51.2 Å². The fraction of sp³-hybridized carbons (Fsp3) is 0.923. The van der Waals surface area contributed by atoms with Crippen LogP contribution in [0.2, 0.25) is 0 Å². The molecule has 0 aromatic carbocycles. The molecular weight excluding hydrogens is 312 g/mol. The molecule has 0 amide bonds. The Kier molecular flexibility index (Phi) is 4.13. The van der Waals surface area contributed by atoms with Gasteiger partial charge in [-0.25, -0.2) is 0 Å². The molecule has 5 fully saturated rings. The summed E-state index contributed by atoms with van der Waals surface area (Å²) in [7, 11) is 0. The van der Waals surface area contributed by atoms with E-state index in [0.29, 0.717) is 16.2 Å². The quantitative estimate of drug-likeness (QED) is 0.419. The van der Waals surface area contributed by atoms with E-state index in [2.05, 4.69) is 41.2 Å². The average Bonchev–Trinajstić information content (AvgIpc) is 2.97. The Morgan fingerprint density at radius 2 is 1.58 bits per heavy atom. The van der Waals surface area contributed by atoms with Crippen LogP contribution >= 0.6 is 0 Å². The largest absolute Gasteiger partial charge is 0.0998 e. The van der Waals surface area contributed by atoms with E-state index in [-0.39, 0.29) is 0 Å². The second-order valence-corrected chi connectivity index (χ2v) is 12.0. The van der Waals surface area contributed by atoms with Gasteiger partial charge in [0.05, 0.1) is 0 Å². The lowest BCUT2D eigenvalue weighted by Gasteiger charge is -2.54. The maximum Gasteiger partial charge on any atom is -0.0152 e. The minimum atomic E-state index is 0.589. The molecule has 0 bridgehead atoms. The molecule has 148 valence electrons. The maximum absolute atomic E-state index is 4.38. The minimum absolute atomic E-state index is 0.589. The van der Waals surface area contributed by atoms with Gasteiger partial charge in [-0.2, -0.15) is 0 Å². The van der Waals surface area contributed by atoms with Gasteiger partial charge in [-0.1, -0.05) is 53.7 Å². The van der Waals surface area contributed by atoms with Gasteiger partial charge in [-0.15, -0.1) is 0 Å². The predicted molar refractivity (Wildman–Crippen MR) is 113 cm³/mol. The molecule has 0 nitrogen and oxygen atoms in total. The molecular formula is C26H44. The van der Waals surface area contributed by atoms with Crippen LogP contribution in [-0.2, 0) is 0 Å². The summed E-state index contributed by atoms with van der Waals surface area (Å²) in [5.41, 5.74) is 4.12. The molecule has 0 aliphatic heterocycles. The molecule has 5 aliphatic rings. The topological polar surface area (TPSA) is 0 Å². The molecule has 0 aromatic heterocycles. The molecule has 8 atom stereocenters. The highest BCUT2D eigenvalue weighted by Crippen LogP contribution is 2.88. The summed E-state index contributed by atoms with van der Waals surface area (Å²) in [5, 5.41) is 0. The second kappa shape index (κ2) is 5.64. The molecule has 0 saturated heterocycles. The zero-order chi connectivity index (χ0) is 19.1. The van der Waals surface area contributed by atoms with E-state index in [9.17, 15) is 0 Å². The zero-order valence-electron chi connectivity index (χ0n) is 18.8. The van der Waals surface area contributed by atoms with E-state index in [0.717, 1.165) is 35.0 Å². The standard InChI is InChI=1S/C24H38.C2H6/c1-15(2)17-7-8-18-20-19-13-16-14-21(3,4)9-11-23(16,6)24(19,20)12-10-22(17,18)5;1-2/h16-20H,1,7-14H2,2-6H3;1-2H3/t16?,17-,18?,19?,20-,22-,23+,24?;/m1./s1. The van der Waals surface area contributed by atoms with Gasteiger partial charge in [-0.05, 0) is 110 Å². The summed E-state index contributed by atoms with van der Waals surface area (Å²) >= 11 is 0. The van der Waals surface area contributed by atoms with Crippen LogP contribution in [0.15, 0.2) is 12.2 Å². The molecule has 26 heavy (non-hydrogen) atoms. The highest BCUT2D eigenvalue weighted by Gasteiger charge is 2.82. The van der Waals surface area contributed by atoms with Crippen molar-refractivity contribution in [3.05, 3.63) is 12.2 Å². The Hall–Kier alpha value is -0.260. The van der Waals surface area contributed by atoms with Gasteiger partial charge in [0.1, 0.15) is 0 Å². The highest BCUT2D eigenvalue weighted by atomic mass is 14.9. The summed E-state index contributed by atoms with van der Waals surface area (Å²) in [4.78, 5) is 0. The van der Waals surface area contributed by atoms with Crippen molar-refractivity contribution in [1.29, 1.82) is 0 Å². The van der Waals surface area contributed by atoms with Gasteiger partial charge in [0, 0.05) is 0 Å². The van der Waals surface area contributed by atoms with Crippen LogP contribution in [0.3, 0.4) is 0 Å². The van der Waals surface area contributed by atoms with Crippen molar-refractivity contribution in [2.45, 2.75) is 99.8 Å². The first kappa shape index (κ1) is 19.1. The molecule has 1 spiro atoms. The van der Waals surface area contributed by atoms with Crippen LogP contribution in [0, 0.1) is 51.2 Å². The lowest BCUT2D eigenvalue weighted by Crippen LogP contribution is -2.47. The molecule has 5 aliphatic carbocycles. The Balaban J connectivity index is 0.000000814. The van der Waals surface area contributed by atoms with Gasteiger partial charge in [0.2, 0.25) is 0 Å². The molecule has 0 aromatic rings. The van der Waals surface area contributed by atoms with Gasteiger partial charge in [-0.3, -0.25) is 0 Å². The molecule has 0 N–H and O–H groups in total. The molecule has 0 heteroatoms. The lowest BCUT2D eigenvalue weighted by atomic mass is 9.50. The monoisotopic (exact) mass is 356 g/mol. The number of allylic oxidation sites excluding steroid dienone is 1. The lowest BCUT2D eigenvalue weighted by molar-refractivity contribution is -0.0506. The summed E-state index contributed by atoms with van der Waals surface area (Å²) in [6.45, 7) is 21.1. The van der Waals surface area contributed by atoms with Gasteiger partial charge >= 0.3 is 0 Å². The van der Waals surface area contributed by atoms with Crippen molar-refractivity contribution in [1.82, 2.24) is 0 Å². The molecule has 0 heterocycles. The van der Waals surface area contributed by atoms with E-state index in [1.165, 1.54) is 44.1 Å². The molecule has 0 radical (unpaired) electrons. The van der Waals surface area contributed by atoms with E-state index in [1.807, 2.05) is 13.8 Å². The Morgan fingerprint density at radius 1 is 0.885 bits per heavy atom. The average molecular weight is 357 g/mol. The fourth-order valence-corrected chi connectivity index (χ4v) is 9.55. The van der Waals surface area contributed by atoms with Crippen molar-refractivity contribution in [3.63, 3.8) is 0 Å². The van der Waals surface area contributed by atoms with Crippen molar-refractivity contribution in [2.75, 3.05) is 0 Å². The minimum Gasteiger partial charge on any atom is -0.0998 e. The van der Waals surface area contributed by atoms with E-state index < -0.39 is 0 Å². The smallest absolute Gasteiger partial charge is 0.0152 e. The van der Waals surface area contributed by atoms with Crippen molar-refractivity contribution < 1.29 is 0 Å². The third kappa shape index (κ3) is 2.08. The van der Waals surface area contributed by atoms with Crippen LogP contribution < -0.4 is 0 Å². The first-order chi connectivity index (χ1) is 12.2. The van der Waals surface area contributed by atoms with Gasteiger partial charge in [0.25, 0.3) is 0 Å². The summed E-state index contributed by atoms with van der Waals surface area (Å²) in [5.74, 6) is 5.05. The Morgan fingerprint density at radius 3 is 2.23 bits per heavy atom. The fourth-order valence-electron chi connectivity index (χ4n) is 9.55. The van der Waals surface area contributed by atoms with Crippen LogP contribution in [0.1, 0.15) is 99.8 Å². The van der Waals surface area contributed by atoms with Gasteiger partial charge < -0.3 is 0 Å². The third-order valence-corrected chi connectivity index (χ3v) is 10.7. The molecule has 5 rings (SSSR count). The third-order valence-electron chi connectivity index (χ3n) is 10.7. The first-order valence-corrected chi connectivity index (χ1v) is 11.8. The summed E-state index contributed by atoms with van der Waals surface area (Å²) < 4.78 is 0. The van der Waals surface area contributed by atoms with Crippen LogP contribution in [0.25, 0.3) is 0 Å². The maximum atomic E-state index is 4.38. The Bertz CT molecular complexity index is 599. The Labute approximate surface area is 163 Å². The van der Waals surface area contributed by atoms with E-state index in [4.69, 9.17) is 0 Å². The van der Waals surface area contributed by atoms with Crippen LogP contribution in [0.5, 0.6) is 0 Å². The van der Waals surface area contributed by atoms with Crippen LogP contribution in [-0.4, -0.2) is 0 Å². The first-order valence-electron chi connectivity index (χ1n) is 11.8. The number of rotatable bonds is 1. The highest BCUT2D eigenvalue weighted by molar-refractivity contribution is 5.31. The number of fused-ring (bicyclic) bond motifs is 4. The zero-order valence-corrected chi connectivity index (χ0v) is 18.8. The van der Waals surface area contributed by atoms with Crippen molar-refractivity contribution >= 4 is 0 Å². The van der Waals surface area contributed by atoms with E-state index in [1.54, 1.807) is 12.8 Å². The SMILES string of the molecule is C=C(C)[C@H]1CCC2[C@@H]3C4CC5CC(C)(C)CC[C@]5(C)C43CC[C@@]21C.CC.